The predicted octanol–water partition coefficient (Wildman–Crippen LogP) is 6.13. The van der Waals surface area contributed by atoms with Gasteiger partial charge < -0.3 is 10.2 Å². The molecule has 5 heteroatoms. The van der Waals surface area contributed by atoms with E-state index in [9.17, 15) is 9.59 Å². The molecule has 0 aliphatic heterocycles. The minimum Gasteiger partial charge on any atom is -0.481 e. The monoisotopic (exact) mass is 399 g/mol. The van der Waals surface area contributed by atoms with E-state index in [2.05, 4.69) is 34.6 Å². The van der Waals surface area contributed by atoms with Crippen molar-refractivity contribution in [3.8, 4) is 0 Å². The van der Waals surface area contributed by atoms with Gasteiger partial charge in [-0.1, -0.05) is 73.1 Å². The summed E-state index contributed by atoms with van der Waals surface area (Å²) in [5.74, 6) is -0.561. The van der Waals surface area contributed by atoms with Gasteiger partial charge in [-0.2, -0.15) is 0 Å². The van der Waals surface area contributed by atoms with E-state index in [-0.39, 0.29) is 17.1 Å². The van der Waals surface area contributed by atoms with Crippen LogP contribution in [0.1, 0.15) is 105 Å². The third kappa shape index (κ3) is 35.4. The second-order valence-corrected chi connectivity index (χ2v) is 8.26. The summed E-state index contributed by atoms with van der Waals surface area (Å²) in [6.45, 7) is 11.1. The first-order valence-corrected chi connectivity index (χ1v) is 9.48. The smallest absolute Gasteiger partial charge is 0.303 e. The quantitative estimate of drug-likeness (QED) is 0.306. The van der Waals surface area contributed by atoms with Gasteiger partial charge in [0.15, 0.2) is 0 Å². The van der Waals surface area contributed by atoms with Gasteiger partial charge in [-0.15, -0.1) is 0 Å². The third-order valence-electron chi connectivity index (χ3n) is 3.74. The third-order valence-corrected chi connectivity index (χ3v) is 3.74. The van der Waals surface area contributed by atoms with Gasteiger partial charge in [0.1, 0.15) is 0 Å². The Kier molecular flexibility index (Phi) is 21.3. The van der Waals surface area contributed by atoms with Crippen molar-refractivity contribution < 1.29 is 36.9 Å². The number of carbonyl (C=O) groups is 2. The van der Waals surface area contributed by atoms with Gasteiger partial charge in [0.2, 0.25) is 0 Å². The molecular formula is C20H40MnO4. The first kappa shape index (κ1) is 29.2. The summed E-state index contributed by atoms with van der Waals surface area (Å²) < 4.78 is 0. The van der Waals surface area contributed by atoms with Gasteiger partial charge in [0, 0.05) is 29.9 Å². The summed E-state index contributed by atoms with van der Waals surface area (Å²) >= 11 is 0. The number of rotatable bonds is 12. The summed E-state index contributed by atoms with van der Waals surface area (Å²) in [6, 6.07) is 0. The van der Waals surface area contributed by atoms with Crippen LogP contribution in [0, 0.1) is 11.3 Å². The van der Waals surface area contributed by atoms with Crippen molar-refractivity contribution in [2.24, 2.45) is 11.3 Å². The maximum absolute atomic E-state index is 10.2. The molecule has 0 fully saturated rings. The van der Waals surface area contributed by atoms with Gasteiger partial charge in [0.25, 0.3) is 0 Å². The zero-order valence-corrected chi connectivity index (χ0v) is 18.1. The fraction of sp³-hybridized carbons (Fsp3) is 0.900. The van der Waals surface area contributed by atoms with Crippen molar-refractivity contribution in [1.29, 1.82) is 0 Å². The van der Waals surface area contributed by atoms with Gasteiger partial charge in [-0.25, -0.2) is 0 Å². The molecule has 0 spiro atoms. The average molecular weight is 399 g/mol. The predicted molar refractivity (Wildman–Crippen MR) is 100 cm³/mol. The van der Waals surface area contributed by atoms with E-state index in [0.29, 0.717) is 18.3 Å². The van der Waals surface area contributed by atoms with Crippen LogP contribution >= 0.6 is 0 Å². The van der Waals surface area contributed by atoms with Gasteiger partial charge >= 0.3 is 11.9 Å². The number of hydrogen-bond donors (Lipinski definition) is 2. The molecule has 0 rings (SSSR count). The van der Waals surface area contributed by atoms with Crippen LogP contribution in [0.4, 0.5) is 0 Å². The molecule has 0 bridgehead atoms. The molecule has 0 aliphatic rings. The van der Waals surface area contributed by atoms with E-state index in [0.717, 1.165) is 38.0 Å². The van der Waals surface area contributed by atoms with Crippen molar-refractivity contribution in [2.45, 2.75) is 105 Å². The molecule has 25 heavy (non-hydrogen) atoms. The van der Waals surface area contributed by atoms with Gasteiger partial charge in [-0.05, 0) is 30.6 Å². The maximum Gasteiger partial charge on any atom is 0.303 e. The van der Waals surface area contributed by atoms with Crippen molar-refractivity contribution in [3.63, 3.8) is 0 Å². The fourth-order valence-electron chi connectivity index (χ4n) is 2.29. The van der Waals surface area contributed by atoms with Crippen molar-refractivity contribution in [2.75, 3.05) is 0 Å². The van der Waals surface area contributed by atoms with Crippen molar-refractivity contribution >= 4 is 11.9 Å². The zero-order valence-electron chi connectivity index (χ0n) is 16.9. The molecule has 4 nitrogen and oxygen atoms in total. The number of carboxylic acid groups (broad SMARTS) is 2. The normalized spacial score (nSPS) is 10.6. The Morgan fingerprint density at radius 1 is 0.760 bits per heavy atom. The van der Waals surface area contributed by atoms with Crippen LogP contribution in [0.3, 0.4) is 0 Å². The number of carboxylic acids is 2. The minimum absolute atomic E-state index is 0. The maximum atomic E-state index is 10.2. The van der Waals surface area contributed by atoms with Crippen LogP contribution in [0.5, 0.6) is 0 Å². The molecule has 1 radical (unpaired) electrons. The molecule has 0 heterocycles. The van der Waals surface area contributed by atoms with Crippen LogP contribution in [0.15, 0.2) is 0 Å². The average Bonchev–Trinajstić information content (AvgIpc) is 2.41. The molecule has 2 N–H and O–H groups in total. The van der Waals surface area contributed by atoms with Crippen LogP contribution in [0.25, 0.3) is 0 Å². The largest absolute Gasteiger partial charge is 0.481 e. The molecule has 0 saturated heterocycles. The molecule has 0 aromatic carbocycles. The Morgan fingerprint density at radius 3 is 1.52 bits per heavy atom. The Labute approximate surface area is 165 Å². The van der Waals surface area contributed by atoms with E-state index in [1.54, 1.807) is 0 Å². The Morgan fingerprint density at radius 2 is 1.16 bits per heavy atom. The summed E-state index contributed by atoms with van der Waals surface area (Å²) in [6.07, 6.45) is 10.5. The Balaban J connectivity index is -0.000000372. The molecule has 0 atom stereocenters. The molecule has 0 unspecified atom stereocenters. The van der Waals surface area contributed by atoms with E-state index in [4.69, 9.17) is 10.2 Å². The summed E-state index contributed by atoms with van der Waals surface area (Å²) in [5.41, 5.74) is 0.392. The topological polar surface area (TPSA) is 74.6 Å². The summed E-state index contributed by atoms with van der Waals surface area (Å²) in [7, 11) is 0. The minimum atomic E-state index is -0.675. The van der Waals surface area contributed by atoms with Crippen LogP contribution in [-0.4, -0.2) is 22.2 Å². The van der Waals surface area contributed by atoms with Crippen LogP contribution in [0.2, 0.25) is 0 Å². The number of aliphatic carboxylic acids is 2. The molecule has 151 valence electrons. The molecular weight excluding hydrogens is 359 g/mol. The summed E-state index contributed by atoms with van der Waals surface area (Å²) in [4.78, 5) is 20.3. The molecule has 0 aromatic heterocycles. The van der Waals surface area contributed by atoms with E-state index in [1.807, 2.05) is 0 Å². The fourth-order valence-corrected chi connectivity index (χ4v) is 2.29. The molecule has 0 saturated carbocycles. The second-order valence-electron chi connectivity index (χ2n) is 8.26. The van der Waals surface area contributed by atoms with Gasteiger partial charge in [-0.3, -0.25) is 9.59 Å². The molecule has 0 amide bonds. The summed E-state index contributed by atoms with van der Waals surface area (Å²) in [5, 5.41) is 16.7. The SMILES string of the molecule is CC(C)(C)CCCCCC(=O)O.CC(C)CCCCCCC(=O)O.[Mn]. The van der Waals surface area contributed by atoms with E-state index < -0.39 is 11.9 Å². The molecule has 0 aromatic rings. The van der Waals surface area contributed by atoms with Crippen LogP contribution < -0.4 is 0 Å². The first-order valence-electron chi connectivity index (χ1n) is 9.48. The standard InChI is InChI=1S/2C10H20O2.Mn/c1-10(2,3)8-6-4-5-7-9(11)12;1-9(2)7-5-3-4-6-8-10(11)12;/h4-8H2,1-3H3,(H,11,12);9H,3-8H2,1-2H3,(H,11,12);. The Bertz CT molecular complexity index is 322. The Hall–Kier alpha value is -0.541. The van der Waals surface area contributed by atoms with Crippen molar-refractivity contribution in [3.05, 3.63) is 0 Å². The first-order chi connectivity index (χ1) is 11.0. The van der Waals surface area contributed by atoms with E-state index >= 15 is 0 Å². The van der Waals surface area contributed by atoms with E-state index in [1.165, 1.54) is 25.7 Å². The van der Waals surface area contributed by atoms with Gasteiger partial charge in [0.05, 0.1) is 0 Å². The number of unbranched alkanes of at least 4 members (excludes halogenated alkanes) is 5. The second kappa shape index (κ2) is 18.3. The van der Waals surface area contributed by atoms with Crippen molar-refractivity contribution in [1.82, 2.24) is 0 Å². The zero-order chi connectivity index (χ0) is 19.0. The number of hydrogen-bond acceptors (Lipinski definition) is 2. The molecule has 0 aliphatic carbocycles. The van der Waals surface area contributed by atoms with Crippen LogP contribution in [-0.2, 0) is 26.7 Å².